The van der Waals surface area contributed by atoms with Crippen molar-refractivity contribution in [3.05, 3.63) is 146 Å². The molecule has 0 aromatic heterocycles. The summed E-state index contributed by atoms with van der Waals surface area (Å²) in [5, 5.41) is 12.4. The van der Waals surface area contributed by atoms with Crippen LogP contribution in [0.25, 0.3) is 6.08 Å². The summed E-state index contributed by atoms with van der Waals surface area (Å²) in [6.07, 6.45) is 3.63. The van der Waals surface area contributed by atoms with Crippen LogP contribution < -0.4 is 4.90 Å². The summed E-state index contributed by atoms with van der Waals surface area (Å²) in [6.45, 7) is 1.92. The Hall–Kier alpha value is -4.88. The molecule has 1 saturated heterocycles. The number of nitro benzene ring substituents is 1. The molecule has 1 aliphatic carbocycles. The van der Waals surface area contributed by atoms with E-state index in [-0.39, 0.29) is 22.6 Å². The van der Waals surface area contributed by atoms with Crippen LogP contribution in [-0.2, 0) is 0 Å². The smallest absolute Gasteiger partial charge is 0.269 e. The number of anilines is 1. The van der Waals surface area contributed by atoms with Gasteiger partial charge in [0.1, 0.15) is 11.5 Å². The molecule has 2 aliphatic heterocycles. The Morgan fingerprint density at radius 2 is 1.60 bits per heavy atom. The number of benzene rings is 4. The molecule has 3 atom stereocenters. The van der Waals surface area contributed by atoms with E-state index in [2.05, 4.69) is 0 Å². The summed E-state index contributed by atoms with van der Waals surface area (Å²) in [4.78, 5) is 57.2. The molecule has 0 amide bonds. The van der Waals surface area contributed by atoms with Gasteiger partial charge < -0.3 is 4.90 Å². The van der Waals surface area contributed by atoms with E-state index in [0.29, 0.717) is 21.8 Å². The van der Waals surface area contributed by atoms with E-state index < -0.39 is 39.9 Å². The number of hydrogen-bond donors (Lipinski definition) is 0. The van der Waals surface area contributed by atoms with Crippen molar-refractivity contribution in [3.8, 4) is 0 Å². The third-order valence-electron chi connectivity index (χ3n) is 8.81. The number of rotatable bonds is 4. The Morgan fingerprint density at radius 1 is 0.905 bits per heavy atom. The van der Waals surface area contributed by atoms with Gasteiger partial charge in [-0.1, -0.05) is 90.0 Å². The average molecular weight is 575 g/mol. The van der Waals surface area contributed by atoms with Gasteiger partial charge >= 0.3 is 0 Å². The second-order valence-electron chi connectivity index (χ2n) is 11.0. The first-order valence-corrected chi connectivity index (χ1v) is 13.9. The van der Waals surface area contributed by atoms with Crippen LogP contribution in [0.1, 0.15) is 53.7 Å². The highest BCUT2D eigenvalue weighted by atomic mass is 35.5. The summed E-state index contributed by atoms with van der Waals surface area (Å²) < 4.78 is 0. The zero-order valence-corrected chi connectivity index (χ0v) is 23.1. The number of halogens is 1. The zero-order valence-electron chi connectivity index (χ0n) is 22.4. The van der Waals surface area contributed by atoms with Gasteiger partial charge in [-0.15, -0.1) is 0 Å². The second kappa shape index (κ2) is 9.33. The fourth-order valence-electron chi connectivity index (χ4n) is 7.04. The maximum Gasteiger partial charge on any atom is 0.269 e. The van der Waals surface area contributed by atoms with Crippen molar-refractivity contribution in [1.29, 1.82) is 0 Å². The summed E-state index contributed by atoms with van der Waals surface area (Å²) >= 11 is 6.34. The summed E-state index contributed by atoms with van der Waals surface area (Å²) in [5.74, 6) is -2.11. The lowest BCUT2D eigenvalue weighted by Gasteiger charge is -2.37. The topological polar surface area (TPSA) is 97.6 Å². The minimum Gasteiger partial charge on any atom is -0.352 e. The van der Waals surface area contributed by atoms with Crippen LogP contribution in [0.5, 0.6) is 0 Å². The zero-order chi connectivity index (χ0) is 29.3. The van der Waals surface area contributed by atoms with Crippen molar-refractivity contribution in [2.75, 3.05) is 4.90 Å². The lowest BCUT2D eigenvalue weighted by atomic mass is 9.64. The molecule has 1 spiro atoms. The number of carbonyl (C=O) groups is 3. The molecule has 0 bridgehead atoms. The van der Waals surface area contributed by atoms with Gasteiger partial charge in [0, 0.05) is 45.5 Å². The minimum absolute atomic E-state index is 0.188. The van der Waals surface area contributed by atoms with E-state index in [1.807, 2.05) is 30.0 Å². The number of ketones is 3. The van der Waals surface area contributed by atoms with E-state index in [4.69, 9.17) is 11.6 Å². The maximum atomic E-state index is 14.7. The molecule has 42 heavy (non-hydrogen) atoms. The summed E-state index contributed by atoms with van der Waals surface area (Å²) in [6, 6.07) is 23.2. The molecule has 206 valence electrons. The van der Waals surface area contributed by atoms with Crippen molar-refractivity contribution in [2.45, 2.75) is 24.9 Å². The summed E-state index contributed by atoms with van der Waals surface area (Å²) in [5.41, 5.74) is 1.81. The third kappa shape index (κ3) is 3.50. The van der Waals surface area contributed by atoms with E-state index in [0.717, 1.165) is 11.1 Å². The van der Waals surface area contributed by atoms with Crippen LogP contribution >= 0.6 is 11.6 Å². The molecule has 7 rings (SSSR count). The van der Waals surface area contributed by atoms with Crippen LogP contribution in [0.2, 0.25) is 5.02 Å². The van der Waals surface area contributed by atoms with E-state index in [1.54, 1.807) is 66.7 Å². The fourth-order valence-corrected chi connectivity index (χ4v) is 7.22. The van der Waals surface area contributed by atoms with Crippen molar-refractivity contribution in [3.63, 3.8) is 0 Å². The van der Waals surface area contributed by atoms with Gasteiger partial charge in [0.25, 0.3) is 5.69 Å². The Kier molecular flexibility index (Phi) is 5.78. The molecule has 3 aliphatic rings. The van der Waals surface area contributed by atoms with E-state index >= 15 is 0 Å². The standard InChI is InChI=1S/C34H23ClN2O5/c1-19-9-11-20(12-10-19)31(38)30-29(22-5-4-6-24(18-22)37(41)42)34(32(39)25-7-2-3-8-26(25)33(34)40)28-16-13-21-17-23(35)14-15-27(21)36(28)30/h2-18,28-30H,1H3/t28-,29+,30-/m1/s1. The SMILES string of the molecule is Cc1ccc(C(=O)[C@H]2[C@H](c3cccc([N+](=O)[O-])c3)C3(C(=O)c4ccccc4C3=O)[C@H]3C=Cc4cc(Cl)ccc4N23)cc1. The number of nitro groups is 1. The molecule has 4 aromatic rings. The van der Waals surface area contributed by atoms with Crippen LogP contribution in [0.15, 0.2) is 97.1 Å². The molecule has 0 unspecified atom stereocenters. The van der Waals surface area contributed by atoms with Crippen molar-refractivity contribution in [2.24, 2.45) is 5.41 Å². The largest absolute Gasteiger partial charge is 0.352 e. The van der Waals surface area contributed by atoms with Crippen LogP contribution in [-0.4, -0.2) is 34.4 Å². The predicted octanol–water partition coefficient (Wildman–Crippen LogP) is 6.87. The van der Waals surface area contributed by atoms with Gasteiger partial charge in [0.05, 0.1) is 11.0 Å². The highest BCUT2D eigenvalue weighted by Crippen LogP contribution is 2.61. The molecule has 0 N–H and O–H groups in total. The predicted molar refractivity (Wildman–Crippen MR) is 159 cm³/mol. The number of non-ortho nitro benzene ring substituents is 1. The Labute approximate surface area is 246 Å². The van der Waals surface area contributed by atoms with Crippen LogP contribution in [0.4, 0.5) is 11.4 Å². The molecule has 1 fully saturated rings. The average Bonchev–Trinajstić information content (AvgIpc) is 3.43. The first kappa shape index (κ1) is 26.0. The Morgan fingerprint density at radius 3 is 2.26 bits per heavy atom. The maximum absolute atomic E-state index is 14.7. The number of hydrogen-bond acceptors (Lipinski definition) is 6. The molecule has 0 saturated carbocycles. The lowest BCUT2D eigenvalue weighted by molar-refractivity contribution is -0.384. The normalized spacial score (nSPS) is 21.3. The van der Waals surface area contributed by atoms with Gasteiger partial charge in [-0.2, -0.15) is 0 Å². The van der Waals surface area contributed by atoms with Crippen molar-refractivity contribution >= 4 is 46.4 Å². The molecule has 0 radical (unpaired) electrons. The highest BCUT2D eigenvalue weighted by molar-refractivity contribution is 6.32. The number of Topliss-reactive ketones (excluding diaryl/α,β-unsaturated/α-hetero) is 3. The van der Waals surface area contributed by atoms with Crippen molar-refractivity contribution in [1.82, 2.24) is 0 Å². The molecule has 2 heterocycles. The van der Waals surface area contributed by atoms with Gasteiger partial charge in [-0.25, -0.2) is 0 Å². The van der Waals surface area contributed by atoms with Crippen LogP contribution in [0.3, 0.4) is 0 Å². The first-order valence-electron chi connectivity index (χ1n) is 13.5. The summed E-state index contributed by atoms with van der Waals surface area (Å²) in [7, 11) is 0. The fraction of sp³-hybridized carbons (Fsp3) is 0.147. The first-order chi connectivity index (χ1) is 20.2. The van der Waals surface area contributed by atoms with E-state index in [9.17, 15) is 24.5 Å². The Bertz CT molecular complexity index is 1840. The van der Waals surface area contributed by atoms with Crippen molar-refractivity contribution < 1.29 is 19.3 Å². The van der Waals surface area contributed by atoms with Crippen LogP contribution in [0, 0.1) is 22.5 Å². The van der Waals surface area contributed by atoms with Gasteiger partial charge in [0.15, 0.2) is 17.3 Å². The van der Waals surface area contributed by atoms with Gasteiger partial charge in [-0.3, -0.25) is 24.5 Å². The number of nitrogens with zero attached hydrogens (tertiary/aromatic N) is 2. The molecule has 7 nitrogen and oxygen atoms in total. The Balaban J connectivity index is 1.56. The molecular weight excluding hydrogens is 552 g/mol. The molecular formula is C34H23ClN2O5. The number of carbonyl (C=O) groups excluding carboxylic acids is 3. The third-order valence-corrected chi connectivity index (χ3v) is 9.05. The lowest BCUT2D eigenvalue weighted by Crippen LogP contribution is -2.48. The monoisotopic (exact) mass is 574 g/mol. The quantitative estimate of drug-likeness (QED) is 0.114. The second-order valence-corrected chi connectivity index (χ2v) is 11.4. The number of aryl methyl sites for hydroxylation is 1. The van der Waals surface area contributed by atoms with Gasteiger partial charge in [0.2, 0.25) is 0 Å². The highest BCUT2D eigenvalue weighted by Gasteiger charge is 2.71. The molecule has 8 heteroatoms. The minimum atomic E-state index is -1.74. The molecule has 4 aromatic carbocycles. The van der Waals surface area contributed by atoms with Gasteiger partial charge in [-0.05, 0) is 36.2 Å². The van der Waals surface area contributed by atoms with E-state index in [1.165, 1.54) is 18.2 Å². The number of fused-ring (bicyclic) bond motifs is 5.